The molecule has 4 nitrogen and oxygen atoms in total. The van der Waals surface area contributed by atoms with Gasteiger partial charge in [-0.15, -0.1) is 0 Å². The smallest absolute Gasteiger partial charge is 0.224 e. The van der Waals surface area contributed by atoms with Crippen LogP contribution in [-0.4, -0.2) is 18.8 Å². The van der Waals surface area contributed by atoms with Crippen molar-refractivity contribution in [2.45, 2.75) is 27.2 Å². The van der Waals surface area contributed by atoms with Crippen LogP contribution in [-0.2, 0) is 4.79 Å². The van der Waals surface area contributed by atoms with Gasteiger partial charge in [0.1, 0.15) is 5.75 Å². The van der Waals surface area contributed by atoms with Crippen molar-refractivity contribution in [1.29, 1.82) is 0 Å². The summed E-state index contributed by atoms with van der Waals surface area (Å²) in [6.07, 6.45) is 0.382. The van der Waals surface area contributed by atoms with E-state index in [2.05, 4.69) is 5.32 Å². The Labute approximate surface area is 142 Å². The number of hydrogen-bond acceptors (Lipinski definition) is 3. The van der Waals surface area contributed by atoms with E-state index in [0.29, 0.717) is 29.0 Å². The van der Waals surface area contributed by atoms with Crippen LogP contribution in [0, 0.1) is 5.41 Å². The molecule has 0 fully saturated rings. The number of ether oxygens (including phenoxy) is 1. The van der Waals surface area contributed by atoms with Gasteiger partial charge in [0.2, 0.25) is 5.91 Å². The molecule has 4 heteroatoms. The molecule has 0 saturated carbocycles. The molecule has 0 aliphatic heterocycles. The van der Waals surface area contributed by atoms with E-state index in [1.165, 1.54) is 7.11 Å². The summed E-state index contributed by atoms with van der Waals surface area (Å²) >= 11 is 0. The summed E-state index contributed by atoms with van der Waals surface area (Å²) in [5.74, 6) is 0.330. The Hall–Kier alpha value is -2.62. The Morgan fingerprint density at radius 1 is 1.00 bits per heavy atom. The molecule has 1 amide bonds. The van der Waals surface area contributed by atoms with Crippen molar-refractivity contribution in [1.82, 2.24) is 0 Å². The van der Waals surface area contributed by atoms with Gasteiger partial charge in [-0.05, 0) is 23.6 Å². The maximum atomic E-state index is 12.6. The molecule has 0 bridgehead atoms. The van der Waals surface area contributed by atoms with Gasteiger partial charge in [0.05, 0.1) is 12.8 Å². The van der Waals surface area contributed by atoms with E-state index in [-0.39, 0.29) is 17.1 Å². The molecule has 0 heterocycles. The van der Waals surface area contributed by atoms with Crippen LogP contribution in [0.25, 0.3) is 0 Å². The third kappa shape index (κ3) is 4.69. The minimum Gasteiger partial charge on any atom is -0.495 e. The maximum Gasteiger partial charge on any atom is 0.224 e. The van der Waals surface area contributed by atoms with Crippen molar-refractivity contribution in [3.05, 3.63) is 59.7 Å². The molecule has 1 N–H and O–H groups in total. The summed E-state index contributed by atoms with van der Waals surface area (Å²) in [6.45, 7) is 6.00. The highest BCUT2D eigenvalue weighted by Gasteiger charge is 2.18. The largest absolute Gasteiger partial charge is 0.495 e. The van der Waals surface area contributed by atoms with Crippen molar-refractivity contribution in [3.8, 4) is 5.75 Å². The second-order valence-electron chi connectivity index (χ2n) is 6.90. The molecule has 0 atom stereocenters. The van der Waals surface area contributed by atoms with E-state index >= 15 is 0 Å². The summed E-state index contributed by atoms with van der Waals surface area (Å²) in [5.41, 5.74) is 1.51. The van der Waals surface area contributed by atoms with Crippen LogP contribution in [0.5, 0.6) is 5.75 Å². The van der Waals surface area contributed by atoms with Crippen LogP contribution in [0.2, 0.25) is 0 Å². The lowest BCUT2D eigenvalue weighted by Gasteiger charge is -2.18. The Balaban J connectivity index is 2.27. The fourth-order valence-corrected chi connectivity index (χ4v) is 2.38. The third-order valence-corrected chi connectivity index (χ3v) is 3.46. The van der Waals surface area contributed by atoms with Crippen LogP contribution in [0.1, 0.15) is 43.1 Å². The van der Waals surface area contributed by atoms with Crippen molar-refractivity contribution in [2.75, 3.05) is 12.4 Å². The SMILES string of the molecule is COc1ccc(C(=O)c2ccccc2)cc1NC(=O)CC(C)(C)C. The van der Waals surface area contributed by atoms with Crippen LogP contribution < -0.4 is 10.1 Å². The first kappa shape index (κ1) is 17.7. The van der Waals surface area contributed by atoms with E-state index < -0.39 is 0 Å². The fourth-order valence-electron chi connectivity index (χ4n) is 2.38. The average molecular weight is 325 g/mol. The van der Waals surface area contributed by atoms with Gasteiger partial charge >= 0.3 is 0 Å². The molecule has 0 unspecified atom stereocenters. The number of carbonyl (C=O) groups is 2. The zero-order chi connectivity index (χ0) is 17.7. The quantitative estimate of drug-likeness (QED) is 0.834. The van der Waals surface area contributed by atoms with Gasteiger partial charge in [-0.2, -0.15) is 0 Å². The van der Waals surface area contributed by atoms with Gasteiger partial charge < -0.3 is 10.1 Å². The average Bonchev–Trinajstić information content (AvgIpc) is 2.53. The zero-order valence-electron chi connectivity index (χ0n) is 14.6. The second kappa shape index (κ2) is 7.30. The maximum absolute atomic E-state index is 12.6. The number of carbonyl (C=O) groups excluding carboxylic acids is 2. The third-order valence-electron chi connectivity index (χ3n) is 3.46. The summed E-state index contributed by atoms with van der Waals surface area (Å²) < 4.78 is 5.29. The Bertz CT molecular complexity index is 730. The first-order chi connectivity index (χ1) is 11.3. The van der Waals surface area contributed by atoms with Gasteiger partial charge in [0.15, 0.2) is 5.78 Å². The minimum atomic E-state index is -0.116. The molecular formula is C20H23NO3. The molecule has 0 saturated heterocycles. The highest BCUT2D eigenvalue weighted by molar-refractivity contribution is 6.10. The fraction of sp³-hybridized carbons (Fsp3) is 0.300. The molecule has 0 radical (unpaired) electrons. The molecule has 0 spiro atoms. The number of anilines is 1. The molecule has 0 aromatic heterocycles. The van der Waals surface area contributed by atoms with Crippen molar-refractivity contribution in [3.63, 3.8) is 0 Å². The number of hydrogen-bond donors (Lipinski definition) is 1. The monoisotopic (exact) mass is 325 g/mol. The summed E-state index contributed by atoms with van der Waals surface area (Å²) in [7, 11) is 1.54. The highest BCUT2D eigenvalue weighted by atomic mass is 16.5. The van der Waals surface area contributed by atoms with Crippen LogP contribution in [0.15, 0.2) is 48.5 Å². The van der Waals surface area contributed by atoms with E-state index in [1.54, 1.807) is 30.3 Å². The Morgan fingerprint density at radius 3 is 2.25 bits per heavy atom. The predicted molar refractivity (Wildman–Crippen MR) is 95.6 cm³/mol. The second-order valence-corrected chi connectivity index (χ2v) is 6.90. The number of rotatable bonds is 5. The molecule has 2 aromatic carbocycles. The lowest BCUT2D eigenvalue weighted by molar-refractivity contribution is -0.117. The first-order valence-electron chi connectivity index (χ1n) is 7.88. The normalized spacial score (nSPS) is 11.0. The molecule has 0 aliphatic rings. The highest BCUT2D eigenvalue weighted by Crippen LogP contribution is 2.28. The van der Waals surface area contributed by atoms with E-state index in [4.69, 9.17) is 4.74 Å². The standard InChI is InChI=1S/C20H23NO3/c1-20(2,3)13-18(22)21-16-12-15(10-11-17(16)24-4)19(23)14-8-6-5-7-9-14/h5-12H,13H2,1-4H3,(H,21,22). The molecule has 126 valence electrons. The van der Waals surface area contributed by atoms with Crippen LogP contribution in [0.3, 0.4) is 0 Å². The number of methoxy groups -OCH3 is 1. The molecule has 2 aromatic rings. The summed E-state index contributed by atoms with van der Waals surface area (Å²) in [5, 5.41) is 2.85. The Kier molecular flexibility index (Phi) is 5.39. The van der Waals surface area contributed by atoms with Crippen molar-refractivity contribution < 1.29 is 14.3 Å². The topological polar surface area (TPSA) is 55.4 Å². The van der Waals surface area contributed by atoms with Gasteiger partial charge in [-0.3, -0.25) is 9.59 Å². The number of benzene rings is 2. The van der Waals surface area contributed by atoms with Gasteiger partial charge in [-0.25, -0.2) is 0 Å². The number of amides is 1. The first-order valence-corrected chi connectivity index (χ1v) is 7.88. The molecular weight excluding hydrogens is 302 g/mol. The molecule has 24 heavy (non-hydrogen) atoms. The minimum absolute atomic E-state index is 0.0930. The van der Waals surface area contributed by atoms with Crippen molar-refractivity contribution >= 4 is 17.4 Å². The van der Waals surface area contributed by atoms with Crippen LogP contribution >= 0.6 is 0 Å². The van der Waals surface area contributed by atoms with Gasteiger partial charge in [0.25, 0.3) is 0 Å². The number of ketones is 1. The van der Waals surface area contributed by atoms with Gasteiger partial charge in [-0.1, -0.05) is 51.1 Å². The number of nitrogens with one attached hydrogen (secondary N) is 1. The molecule has 2 rings (SSSR count). The van der Waals surface area contributed by atoms with E-state index in [9.17, 15) is 9.59 Å². The van der Waals surface area contributed by atoms with Gasteiger partial charge in [0, 0.05) is 17.5 Å². The lowest BCUT2D eigenvalue weighted by Crippen LogP contribution is -2.20. The summed E-state index contributed by atoms with van der Waals surface area (Å²) in [4.78, 5) is 24.8. The van der Waals surface area contributed by atoms with Crippen LogP contribution in [0.4, 0.5) is 5.69 Å². The van der Waals surface area contributed by atoms with Crippen molar-refractivity contribution in [2.24, 2.45) is 5.41 Å². The van der Waals surface area contributed by atoms with E-state index in [0.717, 1.165) is 0 Å². The van der Waals surface area contributed by atoms with E-state index in [1.807, 2.05) is 39.0 Å². The predicted octanol–water partition coefficient (Wildman–Crippen LogP) is 4.30. The molecule has 0 aliphatic carbocycles. The summed E-state index contributed by atoms with van der Waals surface area (Å²) in [6, 6.07) is 14.1. The Morgan fingerprint density at radius 2 is 1.67 bits per heavy atom. The zero-order valence-corrected chi connectivity index (χ0v) is 14.6. The lowest BCUT2D eigenvalue weighted by atomic mass is 9.92.